The van der Waals surface area contributed by atoms with E-state index in [4.69, 9.17) is 9.15 Å². The van der Waals surface area contributed by atoms with Crippen LogP contribution in [0.2, 0.25) is 0 Å². The summed E-state index contributed by atoms with van der Waals surface area (Å²) in [6.07, 6.45) is -1.19. The number of nitrogens with zero attached hydrogens (tertiary/aromatic N) is 4. The van der Waals surface area contributed by atoms with Crippen molar-refractivity contribution in [2.24, 2.45) is 0 Å². The fraction of sp³-hybridized carbons (Fsp3) is 0.200. The highest BCUT2D eigenvalue weighted by molar-refractivity contribution is 5.49. The molecule has 1 aromatic carbocycles. The molecule has 0 spiro atoms. The smallest absolute Gasteiger partial charge is 0.316 e. The third kappa shape index (κ3) is 3.73. The summed E-state index contributed by atoms with van der Waals surface area (Å²) in [5, 5.41) is 6.66. The van der Waals surface area contributed by atoms with Gasteiger partial charge in [-0.15, -0.1) is 10.2 Å². The van der Waals surface area contributed by atoms with Crippen molar-refractivity contribution in [3.63, 3.8) is 0 Å². The molecule has 0 saturated heterocycles. The number of rotatable bonds is 5. The molecule has 2 aromatic heterocycles. The fourth-order valence-corrected chi connectivity index (χ4v) is 1.98. The molecule has 25 heavy (non-hydrogen) atoms. The standard InChI is InChI=1S/C15H10F4N4O2/c1-7(10-3-2-9(16)4-11(10)17)24-15-20-5-8(6-21-15)13-22-23-14(25-13)12(18)19/h2-7,12H,1H3/t7-/m1/s1. The van der Waals surface area contributed by atoms with Gasteiger partial charge in [0, 0.05) is 24.0 Å². The zero-order valence-electron chi connectivity index (χ0n) is 12.7. The number of ether oxygens (including phenoxy) is 1. The first-order valence-corrected chi connectivity index (χ1v) is 6.99. The Morgan fingerprint density at radius 1 is 1.08 bits per heavy atom. The molecule has 0 unspecified atom stereocenters. The maximum Gasteiger partial charge on any atom is 0.316 e. The Kier molecular flexibility index (Phi) is 4.59. The molecule has 2 heterocycles. The van der Waals surface area contributed by atoms with E-state index in [9.17, 15) is 17.6 Å². The second kappa shape index (κ2) is 6.83. The van der Waals surface area contributed by atoms with E-state index < -0.39 is 30.1 Å². The average Bonchev–Trinajstić information content (AvgIpc) is 3.05. The zero-order chi connectivity index (χ0) is 18.0. The second-order valence-corrected chi connectivity index (χ2v) is 4.93. The largest absolute Gasteiger partial charge is 0.455 e. The third-order valence-corrected chi connectivity index (χ3v) is 3.19. The van der Waals surface area contributed by atoms with Crippen molar-refractivity contribution in [3.05, 3.63) is 53.7 Å². The molecule has 0 aliphatic heterocycles. The minimum atomic E-state index is -2.88. The van der Waals surface area contributed by atoms with E-state index in [0.29, 0.717) is 0 Å². The zero-order valence-corrected chi connectivity index (χ0v) is 12.7. The van der Waals surface area contributed by atoms with Gasteiger partial charge in [0.2, 0.25) is 0 Å². The van der Waals surface area contributed by atoms with E-state index in [1.807, 2.05) is 0 Å². The third-order valence-electron chi connectivity index (χ3n) is 3.19. The number of hydrogen-bond acceptors (Lipinski definition) is 6. The monoisotopic (exact) mass is 354 g/mol. The maximum atomic E-state index is 13.7. The second-order valence-electron chi connectivity index (χ2n) is 4.93. The van der Waals surface area contributed by atoms with Crippen molar-refractivity contribution in [2.45, 2.75) is 19.5 Å². The quantitative estimate of drug-likeness (QED) is 0.648. The van der Waals surface area contributed by atoms with Crippen LogP contribution < -0.4 is 4.74 Å². The lowest BCUT2D eigenvalue weighted by molar-refractivity contribution is 0.116. The molecule has 0 aliphatic carbocycles. The van der Waals surface area contributed by atoms with Crippen LogP contribution in [0.15, 0.2) is 35.0 Å². The molecule has 130 valence electrons. The van der Waals surface area contributed by atoms with Crippen molar-refractivity contribution in [1.29, 1.82) is 0 Å². The van der Waals surface area contributed by atoms with Crippen LogP contribution in [0.3, 0.4) is 0 Å². The molecule has 0 N–H and O–H groups in total. The summed E-state index contributed by atoms with van der Waals surface area (Å²) >= 11 is 0. The molecule has 3 rings (SSSR count). The van der Waals surface area contributed by atoms with Gasteiger partial charge in [0.1, 0.15) is 17.7 Å². The summed E-state index contributed by atoms with van der Waals surface area (Å²) in [5.41, 5.74) is 0.347. The Bertz CT molecular complexity index is 870. The molecule has 10 heteroatoms. The molecule has 1 atom stereocenters. The van der Waals surface area contributed by atoms with Crippen LogP contribution in [0, 0.1) is 11.6 Å². The van der Waals surface area contributed by atoms with Crippen molar-refractivity contribution < 1.29 is 26.7 Å². The Hall–Kier alpha value is -3.04. The van der Waals surface area contributed by atoms with Crippen LogP contribution in [0.25, 0.3) is 11.5 Å². The van der Waals surface area contributed by atoms with Crippen molar-refractivity contribution in [1.82, 2.24) is 20.2 Å². The van der Waals surface area contributed by atoms with Gasteiger partial charge in [-0.25, -0.2) is 18.7 Å². The molecular formula is C15H10F4N4O2. The highest BCUT2D eigenvalue weighted by atomic mass is 19.3. The van der Waals surface area contributed by atoms with E-state index in [1.54, 1.807) is 6.92 Å². The molecule has 3 aromatic rings. The minimum absolute atomic E-state index is 0.0893. The van der Waals surface area contributed by atoms with Crippen LogP contribution >= 0.6 is 0 Å². The molecular weight excluding hydrogens is 344 g/mol. The highest BCUT2D eigenvalue weighted by Gasteiger charge is 2.18. The molecule has 0 aliphatic rings. The lowest BCUT2D eigenvalue weighted by Crippen LogP contribution is -2.08. The number of hydrogen-bond donors (Lipinski definition) is 0. The van der Waals surface area contributed by atoms with E-state index in [2.05, 4.69) is 20.2 Å². The first-order chi connectivity index (χ1) is 11.9. The van der Waals surface area contributed by atoms with Gasteiger partial charge >= 0.3 is 12.4 Å². The topological polar surface area (TPSA) is 73.9 Å². The lowest BCUT2D eigenvalue weighted by Gasteiger charge is -2.14. The van der Waals surface area contributed by atoms with E-state index >= 15 is 0 Å². The number of benzene rings is 1. The summed E-state index contributed by atoms with van der Waals surface area (Å²) in [6, 6.07) is 3.02. The van der Waals surface area contributed by atoms with E-state index in [1.165, 1.54) is 18.5 Å². The predicted molar refractivity (Wildman–Crippen MR) is 75.7 cm³/mol. The van der Waals surface area contributed by atoms with Gasteiger partial charge in [0.25, 0.3) is 11.8 Å². The first-order valence-electron chi connectivity index (χ1n) is 6.99. The highest BCUT2D eigenvalue weighted by Crippen LogP contribution is 2.25. The summed E-state index contributed by atoms with van der Waals surface area (Å²) in [6.45, 7) is 1.54. The number of halogens is 4. The Morgan fingerprint density at radius 2 is 1.80 bits per heavy atom. The predicted octanol–water partition coefficient (Wildman–Crippen LogP) is 3.88. The molecule has 0 amide bonds. The number of alkyl halides is 2. The van der Waals surface area contributed by atoms with Gasteiger partial charge < -0.3 is 9.15 Å². The minimum Gasteiger partial charge on any atom is -0.455 e. The van der Waals surface area contributed by atoms with Crippen molar-refractivity contribution in [3.8, 4) is 17.5 Å². The summed E-state index contributed by atoms with van der Waals surface area (Å²) in [5.74, 6) is -2.43. The molecule has 0 fully saturated rings. The van der Waals surface area contributed by atoms with Gasteiger partial charge in [-0.3, -0.25) is 0 Å². The molecule has 0 bridgehead atoms. The van der Waals surface area contributed by atoms with Crippen LogP contribution in [0.4, 0.5) is 17.6 Å². The summed E-state index contributed by atoms with van der Waals surface area (Å²) in [4.78, 5) is 7.75. The van der Waals surface area contributed by atoms with Crippen LogP contribution in [-0.2, 0) is 0 Å². The first kappa shape index (κ1) is 16.8. The normalized spacial score (nSPS) is 12.4. The van der Waals surface area contributed by atoms with Gasteiger partial charge in [0.15, 0.2) is 0 Å². The number of aromatic nitrogens is 4. The van der Waals surface area contributed by atoms with Crippen LogP contribution in [0.5, 0.6) is 6.01 Å². The maximum absolute atomic E-state index is 13.7. The van der Waals surface area contributed by atoms with Gasteiger partial charge in [-0.1, -0.05) is 0 Å². The Morgan fingerprint density at radius 3 is 2.40 bits per heavy atom. The molecule has 6 nitrogen and oxygen atoms in total. The Balaban J connectivity index is 1.73. The van der Waals surface area contributed by atoms with Gasteiger partial charge in [-0.05, 0) is 19.1 Å². The molecule has 0 saturated carbocycles. The van der Waals surface area contributed by atoms with Crippen LogP contribution in [0.1, 0.15) is 30.9 Å². The van der Waals surface area contributed by atoms with E-state index in [-0.39, 0.29) is 23.0 Å². The lowest BCUT2D eigenvalue weighted by atomic mass is 10.1. The summed E-state index contributed by atoms with van der Waals surface area (Å²) < 4.78 is 61.6. The fourth-order valence-electron chi connectivity index (χ4n) is 1.98. The van der Waals surface area contributed by atoms with Gasteiger partial charge in [0.05, 0.1) is 5.56 Å². The van der Waals surface area contributed by atoms with Crippen LogP contribution in [-0.4, -0.2) is 20.2 Å². The Labute approximate surface area is 138 Å². The molecule has 0 radical (unpaired) electrons. The average molecular weight is 354 g/mol. The summed E-state index contributed by atoms with van der Waals surface area (Å²) in [7, 11) is 0. The SMILES string of the molecule is C[C@@H](Oc1ncc(-c2nnc(C(F)F)o2)cn1)c1ccc(F)cc1F. The van der Waals surface area contributed by atoms with Gasteiger partial charge in [-0.2, -0.15) is 8.78 Å². The van der Waals surface area contributed by atoms with Crippen molar-refractivity contribution >= 4 is 0 Å². The van der Waals surface area contributed by atoms with Crippen molar-refractivity contribution in [2.75, 3.05) is 0 Å². The van der Waals surface area contributed by atoms with E-state index in [0.717, 1.165) is 12.1 Å².